The average molecular weight is 409 g/mol. The molecule has 1 heterocycles. The summed E-state index contributed by atoms with van der Waals surface area (Å²) in [5.74, 6) is 1.83. The number of nitrogens with one attached hydrogen (secondary N) is 1. The molecule has 4 rings (SSSR count). The van der Waals surface area contributed by atoms with Crippen LogP contribution in [0, 0.1) is 5.92 Å². The third kappa shape index (κ3) is 5.39. The first-order chi connectivity index (χ1) is 12.4. The monoisotopic (exact) mass is 408 g/mol. The van der Waals surface area contributed by atoms with Gasteiger partial charge in [0.05, 0.1) is 0 Å². The van der Waals surface area contributed by atoms with E-state index in [1.165, 1.54) is 30.4 Å². The highest BCUT2D eigenvalue weighted by molar-refractivity contribution is 5.85. The molecule has 2 fully saturated rings. The Morgan fingerprint density at radius 3 is 2.26 bits per heavy atom. The molecule has 2 aromatic rings. The molecule has 1 aliphatic heterocycles. The topological polar surface area (TPSA) is 24.5 Å². The van der Waals surface area contributed by atoms with E-state index in [9.17, 15) is 0 Å². The van der Waals surface area contributed by atoms with Crippen molar-refractivity contribution in [2.75, 3.05) is 26.2 Å². The average Bonchev–Trinajstić information content (AvgIpc) is 2.65. The molecule has 0 radical (unpaired) electrons. The first-order valence-electron chi connectivity index (χ1n) is 9.62. The van der Waals surface area contributed by atoms with Gasteiger partial charge in [0.25, 0.3) is 0 Å². The molecule has 1 saturated heterocycles. The number of hydrogen-bond acceptors (Lipinski definition) is 3. The van der Waals surface area contributed by atoms with Crippen molar-refractivity contribution in [2.45, 2.75) is 31.9 Å². The van der Waals surface area contributed by atoms with Gasteiger partial charge in [0.15, 0.2) is 0 Å². The number of rotatable bonds is 6. The summed E-state index contributed by atoms with van der Waals surface area (Å²) in [6.07, 6.45) is 4.07. The van der Waals surface area contributed by atoms with Crippen LogP contribution in [-0.4, -0.2) is 31.1 Å². The Morgan fingerprint density at radius 1 is 0.926 bits per heavy atom. The third-order valence-electron chi connectivity index (χ3n) is 5.62. The Balaban J connectivity index is 0.00000131. The summed E-state index contributed by atoms with van der Waals surface area (Å²) in [7, 11) is 0. The Bertz CT molecular complexity index is 673. The standard InChI is InChI=1S/C22H28N2O.2ClH/c1-2-7-18(8-3-1)17-25-21-12-5-4-11-20(21)22(19-9-6-10-19)24-15-13-23-14-16-24;;/h1-5,7-8,11-12,19,22-23H,6,9-10,13-17H2;2*1H/t22-;;/m0../s1. The van der Waals surface area contributed by atoms with E-state index in [0.717, 1.165) is 37.8 Å². The lowest BCUT2D eigenvalue weighted by atomic mass is 9.76. The maximum Gasteiger partial charge on any atom is 0.124 e. The molecule has 1 aliphatic carbocycles. The van der Waals surface area contributed by atoms with E-state index in [-0.39, 0.29) is 24.8 Å². The minimum absolute atomic E-state index is 0. The number of para-hydroxylation sites is 1. The maximum absolute atomic E-state index is 6.27. The molecule has 0 bridgehead atoms. The summed E-state index contributed by atoms with van der Waals surface area (Å²) in [5, 5.41) is 3.48. The van der Waals surface area contributed by atoms with Crippen LogP contribution in [0.2, 0.25) is 0 Å². The van der Waals surface area contributed by atoms with Crippen LogP contribution in [0.5, 0.6) is 5.75 Å². The Labute approximate surface area is 175 Å². The van der Waals surface area contributed by atoms with E-state index in [0.29, 0.717) is 12.6 Å². The van der Waals surface area contributed by atoms with E-state index in [1.54, 1.807) is 0 Å². The highest BCUT2D eigenvalue weighted by atomic mass is 35.5. The van der Waals surface area contributed by atoms with Gasteiger partial charge in [0.1, 0.15) is 12.4 Å². The Hall–Kier alpha value is -1.26. The van der Waals surface area contributed by atoms with Crippen LogP contribution < -0.4 is 10.1 Å². The van der Waals surface area contributed by atoms with Crippen LogP contribution in [0.1, 0.15) is 36.4 Å². The molecule has 1 saturated carbocycles. The highest BCUT2D eigenvalue weighted by Crippen LogP contribution is 2.44. The third-order valence-corrected chi connectivity index (χ3v) is 5.62. The first-order valence-corrected chi connectivity index (χ1v) is 9.62. The molecule has 5 heteroatoms. The molecule has 0 unspecified atom stereocenters. The van der Waals surface area contributed by atoms with Gasteiger partial charge in [-0.3, -0.25) is 4.90 Å². The summed E-state index contributed by atoms with van der Waals surface area (Å²) in [4.78, 5) is 2.67. The quantitative estimate of drug-likeness (QED) is 0.738. The number of benzene rings is 2. The van der Waals surface area contributed by atoms with Gasteiger partial charge >= 0.3 is 0 Å². The van der Waals surface area contributed by atoms with E-state index in [2.05, 4.69) is 64.8 Å². The van der Waals surface area contributed by atoms with Crippen molar-refractivity contribution in [3.8, 4) is 5.75 Å². The van der Waals surface area contributed by atoms with Crippen LogP contribution in [0.3, 0.4) is 0 Å². The van der Waals surface area contributed by atoms with Crippen LogP contribution >= 0.6 is 24.8 Å². The Kier molecular flexibility index (Phi) is 8.91. The van der Waals surface area contributed by atoms with Crippen LogP contribution in [0.15, 0.2) is 54.6 Å². The summed E-state index contributed by atoms with van der Waals surface area (Å²) in [6, 6.07) is 19.6. The van der Waals surface area contributed by atoms with Gasteiger partial charge in [-0.15, -0.1) is 24.8 Å². The molecule has 27 heavy (non-hydrogen) atoms. The molecule has 0 aromatic heterocycles. The normalized spacial score (nSPS) is 18.5. The van der Waals surface area contributed by atoms with Gasteiger partial charge in [0, 0.05) is 37.8 Å². The molecule has 1 atom stereocenters. The molecule has 0 amide bonds. The van der Waals surface area contributed by atoms with E-state index in [1.807, 2.05) is 0 Å². The Morgan fingerprint density at radius 2 is 1.59 bits per heavy atom. The van der Waals surface area contributed by atoms with E-state index in [4.69, 9.17) is 4.74 Å². The maximum atomic E-state index is 6.27. The van der Waals surface area contributed by atoms with Gasteiger partial charge in [-0.2, -0.15) is 0 Å². The molecule has 2 aliphatic rings. The lowest BCUT2D eigenvalue weighted by molar-refractivity contribution is 0.0810. The van der Waals surface area contributed by atoms with Crippen molar-refractivity contribution in [3.05, 3.63) is 65.7 Å². The van der Waals surface area contributed by atoms with Gasteiger partial charge < -0.3 is 10.1 Å². The number of nitrogens with zero attached hydrogens (tertiary/aromatic N) is 1. The lowest BCUT2D eigenvalue weighted by Crippen LogP contribution is -2.47. The fraction of sp³-hybridized carbons (Fsp3) is 0.455. The summed E-state index contributed by atoms with van der Waals surface area (Å²) in [5.41, 5.74) is 2.60. The van der Waals surface area contributed by atoms with Gasteiger partial charge in [0.2, 0.25) is 0 Å². The van der Waals surface area contributed by atoms with E-state index >= 15 is 0 Å². The molecule has 1 N–H and O–H groups in total. The zero-order valence-corrected chi connectivity index (χ0v) is 17.3. The SMILES string of the molecule is Cl.Cl.c1ccc(COc2ccccc2[C@H](C2CCC2)N2CCNCC2)cc1. The smallest absolute Gasteiger partial charge is 0.124 e. The second-order valence-corrected chi connectivity index (χ2v) is 7.23. The second-order valence-electron chi connectivity index (χ2n) is 7.23. The minimum Gasteiger partial charge on any atom is -0.489 e. The van der Waals surface area contributed by atoms with E-state index < -0.39 is 0 Å². The largest absolute Gasteiger partial charge is 0.489 e. The van der Waals surface area contributed by atoms with Crippen molar-refractivity contribution in [1.29, 1.82) is 0 Å². The fourth-order valence-corrected chi connectivity index (χ4v) is 4.06. The summed E-state index contributed by atoms with van der Waals surface area (Å²) in [6.45, 7) is 5.09. The fourth-order valence-electron chi connectivity index (χ4n) is 4.06. The van der Waals surface area contributed by atoms with Crippen molar-refractivity contribution in [1.82, 2.24) is 10.2 Å². The van der Waals surface area contributed by atoms with Crippen molar-refractivity contribution >= 4 is 24.8 Å². The lowest BCUT2D eigenvalue weighted by Gasteiger charge is -2.43. The summed E-state index contributed by atoms with van der Waals surface area (Å²) < 4.78 is 6.27. The number of halogens is 2. The minimum atomic E-state index is 0. The van der Waals surface area contributed by atoms with Gasteiger partial charge in [-0.25, -0.2) is 0 Å². The number of ether oxygens (including phenoxy) is 1. The second kappa shape index (κ2) is 10.9. The molecule has 0 spiro atoms. The van der Waals surface area contributed by atoms with Crippen LogP contribution in [-0.2, 0) is 6.61 Å². The number of piperazine rings is 1. The molecule has 148 valence electrons. The van der Waals surface area contributed by atoms with Crippen molar-refractivity contribution < 1.29 is 4.74 Å². The first kappa shape index (κ1) is 22.0. The zero-order chi connectivity index (χ0) is 16.9. The molecule has 2 aromatic carbocycles. The predicted molar refractivity (Wildman–Crippen MR) is 116 cm³/mol. The van der Waals surface area contributed by atoms with Crippen molar-refractivity contribution in [2.24, 2.45) is 5.92 Å². The molecule has 3 nitrogen and oxygen atoms in total. The zero-order valence-electron chi connectivity index (χ0n) is 15.7. The summed E-state index contributed by atoms with van der Waals surface area (Å²) >= 11 is 0. The molecular formula is C22H30Cl2N2O. The van der Waals surface area contributed by atoms with Gasteiger partial charge in [-0.05, 0) is 30.4 Å². The highest BCUT2D eigenvalue weighted by Gasteiger charge is 2.35. The molecular weight excluding hydrogens is 379 g/mol. The van der Waals surface area contributed by atoms with Gasteiger partial charge in [-0.1, -0.05) is 55.0 Å². The van der Waals surface area contributed by atoms with Crippen LogP contribution in [0.4, 0.5) is 0 Å². The van der Waals surface area contributed by atoms with Crippen molar-refractivity contribution in [3.63, 3.8) is 0 Å². The predicted octanol–water partition coefficient (Wildman–Crippen LogP) is 4.86. The number of hydrogen-bond donors (Lipinski definition) is 1. The van der Waals surface area contributed by atoms with Crippen LogP contribution in [0.25, 0.3) is 0 Å².